The van der Waals surface area contributed by atoms with Crippen molar-refractivity contribution in [3.8, 4) is 0 Å². The van der Waals surface area contributed by atoms with E-state index in [4.69, 9.17) is 9.84 Å². The standard InChI is InChI=1S/C8H14O2/c9-5-6-4-8-7(6)2-1-3-10-8/h6-9H,1-5H2. The predicted molar refractivity (Wildman–Crippen MR) is 37.7 cm³/mol. The van der Waals surface area contributed by atoms with Crippen LogP contribution in [-0.2, 0) is 4.74 Å². The lowest BCUT2D eigenvalue weighted by Crippen LogP contribution is -2.47. The Morgan fingerprint density at radius 2 is 2.40 bits per heavy atom. The van der Waals surface area contributed by atoms with Gasteiger partial charge in [-0.2, -0.15) is 0 Å². The molecule has 1 N–H and O–H groups in total. The molecule has 0 bridgehead atoms. The Bertz CT molecular complexity index is 120. The topological polar surface area (TPSA) is 29.5 Å². The predicted octanol–water partition coefficient (Wildman–Crippen LogP) is 0.794. The Morgan fingerprint density at radius 3 is 3.10 bits per heavy atom. The first kappa shape index (κ1) is 6.62. The Balaban J connectivity index is 1.89. The summed E-state index contributed by atoms with van der Waals surface area (Å²) in [6.45, 7) is 1.31. The summed E-state index contributed by atoms with van der Waals surface area (Å²) in [5.74, 6) is 1.25. The zero-order valence-corrected chi connectivity index (χ0v) is 6.12. The van der Waals surface area contributed by atoms with Gasteiger partial charge in [0.1, 0.15) is 0 Å². The maximum absolute atomic E-state index is 8.87. The van der Waals surface area contributed by atoms with Crippen molar-refractivity contribution in [1.29, 1.82) is 0 Å². The van der Waals surface area contributed by atoms with Crippen LogP contribution in [0.1, 0.15) is 19.3 Å². The van der Waals surface area contributed by atoms with E-state index in [2.05, 4.69) is 0 Å². The van der Waals surface area contributed by atoms with E-state index in [1.54, 1.807) is 0 Å². The van der Waals surface area contributed by atoms with Gasteiger partial charge in [-0.25, -0.2) is 0 Å². The minimum Gasteiger partial charge on any atom is -0.396 e. The van der Waals surface area contributed by atoms with Crippen LogP contribution in [0.15, 0.2) is 0 Å². The van der Waals surface area contributed by atoms with E-state index >= 15 is 0 Å². The largest absolute Gasteiger partial charge is 0.396 e. The summed E-state index contributed by atoms with van der Waals surface area (Å²) in [7, 11) is 0. The van der Waals surface area contributed by atoms with Crippen molar-refractivity contribution in [2.24, 2.45) is 11.8 Å². The molecule has 1 aliphatic heterocycles. The van der Waals surface area contributed by atoms with Gasteiger partial charge in [0.25, 0.3) is 0 Å². The molecule has 0 aromatic heterocycles. The van der Waals surface area contributed by atoms with Crippen LogP contribution in [0.3, 0.4) is 0 Å². The number of hydrogen-bond donors (Lipinski definition) is 1. The molecule has 1 aliphatic carbocycles. The molecule has 2 aliphatic rings. The second kappa shape index (κ2) is 2.51. The van der Waals surface area contributed by atoms with Gasteiger partial charge in [0.05, 0.1) is 6.10 Å². The van der Waals surface area contributed by atoms with Gasteiger partial charge in [0.15, 0.2) is 0 Å². The highest BCUT2D eigenvalue weighted by Gasteiger charge is 2.42. The molecular weight excluding hydrogens is 128 g/mol. The summed E-state index contributed by atoms with van der Waals surface area (Å²) < 4.78 is 5.50. The molecule has 10 heavy (non-hydrogen) atoms. The van der Waals surface area contributed by atoms with Crippen molar-refractivity contribution >= 4 is 0 Å². The molecule has 1 saturated heterocycles. The van der Waals surface area contributed by atoms with Crippen LogP contribution in [0.4, 0.5) is 0 Å². The van der Waals surface area contributed by atoms with E-state index in [1.165, 1.54) is 12.8 Å². The highest BCUT2D eigenvalue weighted by atomic mass is 16.5. The maximum Gasteiger partial charge on any atom is 0.0610 e. The fourth-order valence-corrected chi connectivity index (χ4v) is 2.13. The summed E-state index contributed by atoms with van der Waals surface area (Å²) in [5, 5.41) is 8.87. The van der Waals surface area contributed by atoms with Crippen molar-refractivity contribution in [2.45, 2.75) is 25.4 Å². The highest BCUT2D eigenvalue weighted by molar-refractivity contribution is 4.91. The summed E-state index contributed by atoms with van der Waals surface area (Å²) in [6, 6.07) is 0. The average Bonchev–Trinajstić information content (AvgIpc) is 1.92. The summed E-state index contributed by atoms with van der Waals surface area (Å²) >= 11 is 0. The fraction of sp³-hybridized carbons (Fsp3) is 1.00. The number of hydrogen-bond acceptors (Lipinski definition) is 2. The molecule has 3 atom stereocenters. The Labute approximate surface area is 61.2 Å². The van der Waals surface area contributed by atoms with Crippen LogP contribution >= 0.6 is 0 Å². The first-order valence-electron chi connectivity index (χ1n) is 4.14. The molecule has 0 aromatic carbocycles. The van der Waals surface area contributed by atoms with Crippen LogP contribution in [0, 0.1) is 11.8 Å². The lowest BCUT2D eigenvalue weighted by atomic mass is 9.68. The van der Waals surface area contributed by atoms with E-state index in [9.17, 15) is 0 Å². The fourth-order valence-electron chi connectivity index (χ4n) is 2.13. The van der Waals surface area contributed by atoms with Crippen LogP contribution in [0.5, 0.6) is 0 Å². The van der Waals surface area contributed by atoms with Crippen molar-refractivity contribution in [2.75, 3.05) is 13.2 Å². The first-order valence-corrected chi connectivity index (χ1v) is 4.14. The van der Waals surface area contributed by atoms with Crippen LogP contribution in [0.25, 0.3) is 0 Å². The molecule has 2 nitrogen and oxygen atoms in total. The molecule has 2 heteroatoms. The Kier molecular flexibility index (Phi) is 1.66. The van der Waals surface area contributed by atoms with Gasteiger partial charge >= 0.3 is 0 Å². The molecule has 1 saturated carbocycles. The average molecular weight is 142 g/mol. The number of aliphatic hydroxyl groups is 1. The van der Waals surface area contributed by atoms with Crippen LogP contribution in [0.2, 0.25) is 0 Å². The van der Waals surface area contributed by atoms with E-state index < -0.39 is 0 Å². The first-order chi connectivity index (χ1) is 4.92. The van der Waals surface area contributed by atoms with Crippen molar-refractivity contribution < 1.29 is 9.84 Å². The van der Waals surface area contributed by atoms with Gasteiger partial charge in [-0.05, 0) is 31.1 Å². The smallest absolute Gasteiger partial charge is 0.0610 e. The zero-order valence-electron chi connectivity index (χ0n) is 6.12. The second-order valence-electron chi connectivity index (χ2n) is 3.39. The van der Waals surface area contributed by atoms with E-state index in [1.807, 2.05) is 0 Å². The molecular formula is C8H14O2. The number of fused-ring (bicyclic) bond motifs is 1. The third-order valence-corrected chi connectivity index (χ3v) is 2.87. The van der Waals surface area contributed by atoms with Gasteiger partial charge in [-0.15, -0.1) is 0 Å². The third kappa shape index (κ3) is 0.867. The van der Waals surface area contributed by atoms with E-state index in [0.717, 1.165) is 13.0 Å². The lowest BCUT2D eigenvalue weighted by Gasteiger charge is -2.46. The van der Waals surface area contributed by atoms with Crippen molar-refractivity contribution in [1.82, 2.24) is 0 Å². The lowest BCUT2D eigenvalue weighted by molar-refractivity contribution is -0.131. The molecule has 1 heterocycles. The van der Waals surface area contributed by atoms with Gasteiger partial charge < -0.3 is 9.84 Å². The van der Waals surface area contributed by atoms with Gasteiger partial charge in [0, 0.05) is 13.2 Å². The summed E-state index contributed by atoms with van der Waals surface area (Å²) in [5.41, 5.74) is 0. The van der Waals surface area contributed by atoms with E-state index in [-0.39, 0.29) is 0 Å². The molecule has 0 spiro atoms. The Hall–Kier alpha value is -0.0800. The number of ether oxygens (including phenoxy) is 1. The minimum atomic E-state index is 0.366. The Morgan fingerprint density at radius 1 is 1.50 bits per heavy atom. The van der Waals surface area contributed by atoms with E-state index in [0.29, 0.717) is 24.5 Å². The molecule has 0 amide bonds. The van der Waals surface area contributed by atoms with Crippen LogP contribution < -0.4 is 0 Å². The monoisotopic (exact) mass is 142 g/mol. The van der Waals surface area contributed by atoms with Gasteiger partial charge in [-0.1, -0.05) is 0 Å². The van der Waals surface area contributed by atoms with Crippen molar-refractivity contribution in [3.63, 3.8) is 0 Å². The quantitative estimate of drug-likeness (QED) is 0.586. The summed E-state index contributed by atoms with van der Waals surface area (Å²) in [4.78, 5) is 0. The third-order valence-electron chi connectivity index (χ3n) is 2.87. The summed E-state index contributed by atoms with van der Waals surface area (Å²) in [6.07, 6.45) is 4.07. The molecule has 2 rings (SSSR count). The minimum absolute atomic E-state index is 0.366. The molecule has 3 unspecified atom stereocenters. The number of aliphatic hydroxyl groups excluding tert-OH is 1. The SMILES string of the molecule is OCC1CC2OCCCC12. The maximum atomic E-state index is 8.87. The molecule has 58 valence electrons. The van der Waals surface area contributed by atoms with Gasteiger partial charge in [0.2, 0.25) is 0 Å². The highest BCUT2D eigenvalue weighted by Crippen LogP contribution is 2.42. The normalized spacial score (nSPS) is 45.9. The zero-order chi connectivity index (χ0) is 6.97. The van der Waals surface area contributed by atoms with Crippen LogP contribution in [-0.4, -0.2) is 24.4 Å². The molecule has 0 aromatic rings. The van der Waals surface area contributed by atoms with Crippen molar-refractivity contribution in [3.05, 3.63) is 0 Å². The molecule has 0 radical (unpaired) electrons. The number of rotatable bonds is 1. The molecule has 2 fully saturated rings. The second-order valence-corrected chi connectivity index (χ2v) is 3.39. The van der Waals surface area contributed by atoms with Gasteiger partial charge in [-0.3, -0.25) is 0 Å².